The van der Waals surface area contributed by atoms with Crippen molar-refractivity contribution in [3.8, 4) is 0 Å². The van der Waals surface area contributed by atoms with Crippen LogP contribution >= 0.6 is 11.6 Å². The Labute approximate surface area is 118 Å². The summed E-state index contributed by atoms with van der Waals surface area (Å²) in [4.78, 5) is 13.6. The number of nitrogen functional groups attached to an aromatic ring is 1. The van der Waals surface area contributed by atoms with E-state index in [1.807, 2.05) is 0 Å². The second-order valence-electron chi connectivity index (χ2n) is 4.96. The Morgan fingerprint density at radius 3 is 2.89 bits per heavy atom. The van der Waals surface area contributed by atoms with Crippen LogP contribution in [0.4, 0.5) is 11.4 Å². The van der Waals surface area contributed by atoms with Gasteiger partial charge in [-0.05, 0) is 37.8 Å². The summed E-state index contributed by atoms with van der Waals surface area (Å²) < 4.78 is 0. The van der Waals surface area contributed by atoms with E-state index in [0.717, 1.165) is 25.8 Å². The standard InChI is InChI=1S/C14H19ClN2O2/c1-2-10-5-3-4-6-17(10)13-11(14(18)19)7-9(16)8-12(13)15/h7-8,10H,2-6,16H2,1H3,(H,18,19). The average Bonchev–Trinajstić information content (AvgIpc) is 2.38. The van der Waals surface area contributed by atoms with E-state index < -0.39 is 5.97 Å². The number of carbonyl (C=O) groups is 1. The maximum Gasteiger partial charge on any atom is 0.337 e. The molecular formula is C14H19ClN2O2. The summed E-state index contributed by atoms with van der Waals surface area (Å²) in [6.07, 6.45) is 4.32. The fraction of sp³-hybridized carbons (Fsp3) is 0.500. The largest absolute Gasteiger partial charge is 0.478 e. The molecule has 1 saturated heterocycles. The molecule has 0 amide bonds. The molecule has 5 heteroatoms. The van der Waals surface area contributed by atoms with Crippen LogP contribution in [0.5, 0.6) is 0 Å². The number of benzene rings is 1. The summed E-state index contributed by atoms with van der Waals surface area (Å²) in [7, 11) is 0. The van der Waals surface area contributed by atoms with Gasteiger partial charge in [0.05, 0.1) is 16.3 Å². The number of halogens is 1. The molecule has 0 bridgehead atoms. The van der Waals surface area contributed by atoms with Gasteiger partial charge in [0, 0.05) is 18.3 Å². The fourth-order valence-electron chi connectivity index (χ4n) is 2.79. The molecule has 1 aromatic carbocycles. The second kappa shape index (κ2) is 5.70. The molecule has 1 aliphatic rings. The van der Waals surface area contributed by atoms with Gasteiger partial charge in [-0.1, -0.05) is 18.5 Å². The number of hydrogen-bond donors (Lipinski definition) is 2. The van der Waals surface area contributed by atoms with Crippen molar-refractivity contribution in [2.45, 2.75) is 38.6 Å². The smallest absolute Gasteiger partial charge is 0.337 e. The van der Waals surface area contributed by atoms with Gasteiger partial charge in [0.15, 0.2) is 0 Å². The van der Waals surface area contributed by atoms with Gasteiger partial charge >= 0.3 is 5.97 Å². The summed E-state index contributed by atoms with van der Waals surface area (Å²) in [5.41, 5.74) is 6.90. The van der Waals surface area contributed by atoms with Crippen LogP contribution in [0, 0.1) is 0 Å². The van der Waals surface area contributed by atoms with Crippen molar-refractivity contribution >= 4 is 28.9 Å². The lowest BCUT2D eigenvalue weighted by Crippen LogP contribution is -2.40. The zero-order valence-electron chi connectivity index (χ0n) is 11.0. The highest BCUT2D eigenvalue weighted by Gasteiger charge is 2.27. The van der Waals surface area contributed by atoms with Gasteiger partial charge in [0.25, 0.3) is 0 Å². The van der Waals surface area contributed by atoms with Crippen molar-refractivity contribution in [3.05, 3.63) is 22.7 Å². The van der Waals surface area contributed by atoms with Crippen molar-refractivity contribution in [1.29, 1.82) is 0 Å². The average molecular weight is 283 g/mol. The number of piperidine rings is 1. The number of carboxylic acid groups (broad SMARTS) is 1. The molecule has 0 saturated carbocycles. The second-order valence-corrected chi connectivity index (χ2v) is 5.36. The van der Waals surface area contributed by atoms with E-state index in [2.05, 4.69) is 11.8 Å². The first-order valence-corrected chi connectivity index (χ1v) is 7.01. The van der Waals surface area contributed by atoms with Gasteiger partial charge < -0.3 is 15.7 Å². The lowest BCUT2D eigenvalue weighted by molar-refractivity contribution is 0.0697. The minimum atomic E-state index is -0.982. The molecule has 4 nitrogen and oxygen atoms in total. The molecule has 1 heterocycles. The maximum absolute atomic E-state index is 11.4. The monoisotopic (exact) mass is 282 g/mol. The quantitative estimate of drug-likeness (QED) is 0.834. The molecule has 1 atom stereocenters. The van der Waals surface area contributed by atoms with Gasteiger partial charge in [0.2, 0.25) is 0 Å². The molecule has 1 unspecified atom stereocenters. The van der Waals surface area contributed by atoms with Crippen LogP contribution in [0.2, 0.25) is 5.02 Å². The molecule has 1 aromatic rings. The molecule has 3 N–H and O–H groups in total. The Balaban J connectivity index is 2.50. The summed E-state index contributed by atoms with van der Waals surface area (Å²) >= 11 is 6.25. The fourth-order valence-corrected chi connectivity index (χ4v) is 3.13. The topological polar surface area (TPSA) is 66.6 Å². The number of aromatic carboxylic acids is 1. The summed E-state index contributed by atoms with van der Waals surface area (Å²) in [5.74, 6) is -0.982. The number of nitrogens with two attached hydrogens (primary N) is 1. The maximum atomic E-state index is 11.4. The first-order valence-electron chi connectivity index (χ1n) is 6.63. The zero-order valence-corrected chi connectivity index (χ0v) is 11.8. The van der Waals surface area contributed by atoms with E-state index in [9.17, 15) is 9.90 Å². The highest BCUT2D eigenvalue weighted by atomic mass is 35.5. The number of hydrogen-bond acceptors (Lipinski definition) is 3. The predicted octanol–water partition coefficient (Wildman–Crippen LogP) is 3.39. The van der Waals surface area contributed by atoms with Gasteiger partial charge in [-0.3, -0.25) is 0 Å². The number of nitrogens with zero attached hydrogens (tertiary/aromatic N) is 1. The SMILES string of the molecule is CCC1CCCCN1c1c(Cl)cc(N)cc1C(=O)O. The van der Waals surface area contributed by atoms with E-state index >= 15 is 0 Å². The Hall–Kier alpha value is -1.42. The summed E-state index contributed by atoms with van der Waals surface area (Å²) in [6.45, 7) is 2.97. The summed E-state index contributed by atoms with van der Waals surface area (Å²) in [6, 6.07) is 3.48. The van der Waals surface area contributed by atoms with Gasteiger partial charge in [0.1, 0.15) is 0 Å². The Kier molecular flexibility index (Phi) is 4.20. The van der Waals surface area contributed by atoms with Gasteiger partial charge in [-0.25, -0.2) is 4.79 Å². The van der Waals surface area contributed by atoms with Crippen LogP contribution in [-0.2, 0) is 0 Å². The zero-order chi connectivity index (χ0) is 14.0. The van der Waals surface area contributed by atoms with Crippen molar-refractivity contribution in [2.75, 3.05) is 17.2 Å². The molecule has 0 radical (unpaired) electrons. The van der Waals surface area contributed by atoms with Crippen LogP contribution in [-0.4, -0.2) is 23.7 Å². The molecule has 104 valence electrons. The molecule has 1 aliphatic heterocycles. The molecule has 19 heavy (non-hydrogen) atoms. The van der Waals surface area contributed by atoms with Crippen molar-refractivity contribution in [2.24, 2.45) is 0 Å². The van der Waals surface area contributed by atoms with E-state index in [1.165, 1.54) is 12.5 Å². The minimum absolute atomic E-state index is 0.199. The van der Waals surface area contributed by atoms with Gasteiger partial charge in [-0.15, -0.1) is 0 Å². The Morgan fingerprint density at radius 1 is 1.53 bits per heavy atom. The third-order valence-electron chi connectivity index (χ3n) is 3.70. The van der Waals surface area contributed by atoms with Crippen LogP contribution < -0.4 is 10.6 Å². The molecule has 0 spiro atoms. The van der Waals surface area contributed by atoms with Crippen LogP contribution in [0.25, 0.3) is 0 Å². The number of carboxylic acids is 1. The summed E-state index contributed by atoms with van der Waals surface area (Å²) in [5, 5.41) is 9.79. The first kappa shape index (κ1) is 14.0. The molecule has 0 aromatic heterocycles. The van der Waals surface area contributed by atoms with Gasteiger partial charge in [-0.2, -0.15) is 0 Å². The lowest BCUT2D eigenvalue weighted by atomic mass is 9.97. The highest BCUT2D eigenvalue weighted by Crippen LogP contribution is 2.36. The van der Waals surface area contributed by atoms with Crippen LogP contribution in [0.15, 0.2) is 12.1 Å². The molecule has 0 aliphatic carbocycles. The lowest BCUT2D eigenvalue weighted by Gasteiger charge is -2.38. The van der Waals surface area contributed by atoms with Crippen molar-refractivity contribution in [3.63, 3.8) is 0 Å². The van der Waals surface area contributed by atoms with Crippen LogP contribution in [0.3, 0.4) is 0 Å². The minimum Gasteiger partial charge on any atom is -0.478 e. The number of anilines is 2. The highest BCUT2D eigenvalue weighted by molar-refractivity contribution is 6.34. The number of rotatable bonds is 3. The first-order chi connectivity index (χ1) is 9.04. The predicted molar refractivity (Wildman–Crippen MR) is 78.1 cm³/mol. The molecule has 2 rings (SSSR count). The third-order valence-corrected chi connectivity index (χ3v) is 3.99. The van der Waals surface area contributed by atoms with Crippen molar-refractivity contribution < 1.29 is 9.90 Å². The normalized spacial score (nSPS) is 19.5. The van der Waals surface area contributed by atoms with E-state index in [4.69, 9.17) is 17.3 Å². The van der Waals surface area contributed by atoms with E-state index in [1.54, 1.807) is 6.07 Å². The van der Waals surface area contributed by atoms with Crippen molar-refractivity contribution in [1.82, 2.24) is 0 Å². The molecule has 1 fully saturated rings. The third kappa shape index (κ3) is 2.78. The Morgan fingerprint density at radius 2 is 2.26 bits per heavy atom. The van der Waals surface area contributed by atoms with Crippen LogP contribution in [0.1, 0.15) is 43.0 Å². The Bertz CT molecular complexity index is 491. The van der Waals surface area contributed by atoms with E-state index in [-0.39, 0.29) is 5.56 Å². The molecular weight excluding hydrogens is 264 g/mol. The van der Waals surface area contributed by atoms with E-state index in [0.29, 0.717) is 22.4 Å².